The van der Waals surface area contributed by atoms with Gasteiger partial charge in [0.2, 0.25) is 0 Å². The van der Waals surface area contributed by atoms with E-state index in [4.69, 9.17) is 17.0 Å². The van der Waals surface area contributed by atoms with E-state index in [-0.39, 0.29) is 24.6 Å². The first-order valence-electron chi connectivity index (χ1n) is 8.44. The number of rotatable bonds is 6. The summed E-state index contributed by atoms with van der Waals surface area (Å²) in [6.45, 7) is 5.20. The maximum absolute atomic E-state index is 12.1. The molecule has 7 heteroatoms. The van der Waals surface area contributed by atoms with E-state index in [1.165, 1.54) is 0 Å². The molecule has 1 saturated heterocycles. The van der Waals surface area contributed by atoms with Crippen LogP contribution in [0.25, 0.3) is 0 Å². The number of nitrogens with one attached hydrogen (secondary N) is 1. The molecular formula is C18H22N4O2S. The van der Waals surface area contributed by atoms with Gasteiger partial charge in [0, 0.05) is 24.6 Å². The number of hydrogen-bond acceptors (Lipinski definition) is 4. The first-order chi connectivity index (χ1) is 12.2. The third-order valence-corrected chi connectivity index (χ3v) is 4.66. The topological polar surface area (TPSA) is 59.4 Å². The highest BCUT2D eigenvalue weighted by molar-refractivity contribution is 7.80. The van der Waals surface area contributed by atoms with Gasteiger partial charge in [0.1, 0.15) is 6.54 Å². The minimum atomic E-state index is -0.284. The molecular weight excluding hydrogens is 336 g/mol. The van der Waals surface area contributed by atoms with Crippen LogP contribution in [0.1, 0.15) is 37.3 Å². The Morgan fingerprint density at radius 3 is 2.84 bits per heavy atom. The largest absolute Gasteiger partial charge is 0.465 e. The summed E-state index contributed by atoms with van der Waals surface area (Å²) in [5.74, 6) is -0.284. The van der Waals surface area contributed by atoms with Crippen molar-refractivity contribution in [1.29, 1.82) is 0 Å². The Kier molecular flexibility index (Phi) is 5.33. The predicted molar refractivity (Wildman–Crippen MR) is 98.9 cm³/mol. The maximum atomic E-state index is 12.1. The average Bonchev–Trinajstić information content (AvgIpc) is 3.20. The molecule has 1 aliphatic heterocycles. The highest BCUT2D eigenvalue weighted by Gasteiger charge is 2.41. The molecule has 3 heterocycles. The van der Waals surface area contributed by atoms with E-state index < -0.39 is 0 Å². The number of hydrogen-bond donors (Lipinski definition) is 1. The van der Waals surface area contributed by atoms with Crippen LogP contribution >= 0.6 is 12.2 Å². The van der Waals surface area contributed by atoms with E-state index >= 15 is 0 Å². The molecule has 1 aliphatic rings. The van der Waals surface area contributed by atoms with Crippen molar-refractivity contribution in [3.05, 3.63) is 54.1 Å². The van der Waals surface area contributed by atoms with Crippen LogP contribution in [0.5, 0.6) is 0 Å². The number of carbonyl (C=O) groups excluding carboxylic acids is 1. The Morgan fingerprint density at radius 1 is 1.32 bits per heavy atom. The molecule has 2 aromatic heterocycles. The maximum Gasteiger partial charge on any atom is 0.325 e. The Hall–Kier alpha value is -2.41. The number of ether oxygens (including phenoxy) is 1. The fraction of sp³-hybridized carbons (Fsp3) is 0.389. The molecule has 2 atom stereocenters. The van der Waals surface area contributed by atoms with Gasteiger partial charge in [0.25, 0.3) is 0 Å². The fourth-order valence-corrected chi connectivity index (χ4v) is 3.53. The SMILES string of the molecule is CCOC(=O)CN1C(=S)N[C@@H](c2ccccn2)[C@@H]1c1cccn1CC. The van der Waals surface area contributed by atoms with Gasteiger partial charge in [-0.1, -0.05) is 6.07 Å². The Morgan fingerprint density at radius 2 is 2.16 bits per heavy atom. The zero-order valence-electron chi connectivity index (χ0n) is 14.4. The summed E-state index contributed by atoms with van der Waals surface area (Å²) < 4.78 is 7.29. The monoisotopic (exact) mass is 358 g/mol. The van der Waals surface area contributed by atoms with Gasteiger partial charge in [-0.2, -0.15) is 0 Å². The van der Waals surface area contributed by atoms with Crippen molar-refractivity contribution in [2.45, 2.75) is 32.5 Å². The second kappa shape index (κ2) is 7.65. The van der Waals surface area contributed by atoms with Crippen LogP contribution in [0.4, 0.5) is 0 Å². The summed E-state index contributed by atoms with van der Waals surface area (Å²) in [4.78, 5) is 18.5. The van der Waals surface area contributed by atoms with Gasteiger partial charge in [-0.3, -0.25) is 9.78 Å². The van der Waals surface area contributed by atoms with Crippen molar-refractivity contribution < 1.29 is 9.53 Å². The number of nitrogens with zero attached hydrogens (tertiary/aromatic N) is 3. The number of aromatic nitrogens is 2. The molecule has 0 aliphatic carbocycles. The molecule has 3 rings (SSSR count). The lowest BCUT2D eigenvalue weighted by Gasteiger charge is -2.27. The van der Waals surface area contributed by atoms with E-state index in [1.54, 1.807) is 13.1 Å². The number of aryl methyl sites for hydroxylation is 1. The Balaban J connectivity index is 1.99. The van der Waals surface area contributed by atoms with Crippen LogP contribution in [-0.4, -0.2) is 38.7 Å². The van der Waals surface area contributed by atoms with Gasteiger partial charge in [0.15, 0.2) is 5.11 Å². The molecule has 132 valence electrons. The average molecular weight is 358 g/mol. The highest BCUT2D eigenvalue weighted by atomic mass is 32.1. The number of carbonyl (C=O) groups is 1. The van der Waals surface area contributed by atoms with Crippen LogP contribution < -0.4 is 5.32 Å². The zero-order chi connectivity index (χ0) is 17.8. The lowest BCUT2D eigenvalue weighted by molar-refractivity contribution is -0.143. The van der Waals surface area contributed by atoms with Gasteiger partial charge in [0.05, 0.1) is 24.4 Å². The molecule has 1 N–H and O–H groups in total. The third-order valence-electron chi connectivity index (χ3n) is 4.31. The smallest absolute Gasteiger partial charge is 0.325 e. The van der Waals surface area contributed by atoms with E-state index in [2.05, 4.69) is 27.9 Å². The van der Waals surface area contributed by atoms with E-state index in [0.717, 1.165) is 17.9 Å². The molecule has 2 aromatic rings. The van der Waals surface area contributed by atoms with Crippen molar-refractivity contribution >= 4 is 23.3 Å². The van der Waals surface area contributed by atoms with Crippen molar-refractivity contribution in [3.8, 4) is 0 Å². The first-order valence-corrected chi connectivity index (χ1v) is 8.85. The lowest BCUT2D eigenvalue weighted by Crippen LogP contribution is -2.36. The summed E-state index contributed by atoms with van der Waals surface area (Å²) in [6, 6.07) is 9.65. The fourth-order valence-electron chi connectivity index (χ4n) is 3.23. The van der Waals surface area contributed by atoms with Crippen LogP contribution in [0, 0.1) is 0 Å². The minimum absolute atomic E-state index is 0.114. The first kappa shape index (κ1) is 17.4. The highest BCUT2D eigenvalue weighted by Crippen LogP contribution is 2.38. The predicted octanol–water partition coefficient (Wildman–Crippen LogP) is 2.44. The molecule has 25 heavy (non-hydrogen) atoms. The third kappa shape index (κ3) is 3.51. The van der Waals surface area contributed by atoms with Crippen molar-refractivity contribution in [2.75, 3.05) is 13.2 Å². The van der Waals surface area contributed by atoms with E-state index in [9.17, 15) is 4.79 Å². The molecule has 0 amide bonds. The van der Waals surface area contributed by atoms with Gasteiger partial charge in [-0.25, -0.2) is 0 Å². The summed E-state index contributed by atoms with van der Waals surface area (Å²) in [5.41, 5.74) is 1.99. The molecule has 0 spiro atoms. The molecule has 0 aromatic carbocycles. The van der Waals surface area contributed by atoms with Crippen molar-refractivity contribution in [1.82, 2.24) is 19.8 Å². The van der Waals surface area contributed by atoms with Crippen LogP contribution in [-0.2, 0) is 16.1 Å². The van der Waals surface area contributed by atoms with Gasteiger partial charge < -0.3 is 19.5 Å². The molecule has 6 nitrogen and oxygen atoms in total. The molecule has 1 fully saturated rings. The second-order valence-corrected chi connectivity index (χ2v) is 6.17. The Bertz CT molecular complexity index is 747. The number of esters is 1. The van der Waals surface area contributed by atoms with Gasteiger partial charge in [-0.15, -0.1) is 0 Å². The minimum Gasteiger partial charge on any atom is -0.465 e. The van der Waals surface area contributed by atoms with Crippen molar-refractivity contribution in [3.63, 3.8) is 0 Å². The summed E-state index contributed by atoms with van der Waals surface area (Å²) in [5, 5.41) is 3.87. The molecule has 0 unspecified atom stereocenters. The molecule has 0 bridgehead atoms. The van der Waals surface area contributed by atoms with Gasteiger partial charge >= 0.3 is 5.97 Å². The normalized spacial score (nSPS) is 19.8. The van der Waals surface area contributed by atoms with Crippen LogP contribution in [0.15, 0.2) is 42.7 Å². The Labute approximate surface area is 152 Å². The quantitative estimate of drug-likeness (QED) is 0.632. The summed E-state index contributed by atoms with van der Waals surface area (Å²) >= 11 is 5.52. The second-order valence-electron chi connectivity index (χ2n) is 5.78. The van der Waals surface area contributed by atoms with Crippen LogP contribution in [0.3, 0.4) is 0 Å². The van der Waals surface area contributed by atoms with Crippen molar-refractivity contribution in [2.24, 2.45) is 0 Å². The van der Waals surface area contributed by atoms with Gasteiger partial charge in [-0.05, 0) is 50.3 Å². The van der Waals surface area contributed by atoms with E-state index in [1.807, 2.05) is 35.4 Å². The molecule has 0 radical (unpaired) electrons. The number of thiocarbonyl (C=S) groups is 1. The zero-order valence-corrected chi connectivity index (χ0v) is 15.2. The van der Waals surface area contributed by atoms with E-state index in [0.29, 0.717) is 11.7 Å². The lowest BCUT2D eigenvalue weighted by atomic mass is 10.0. The van der Waals surface area contributed by atoms with Crippen LogP contribution in [0.2, 0.25) is 0 Å². The number of pyridine rings is 1. The molecule has 0 saturated carbocycles. The standard InChI is InChI=1S/C18H22N4O2S/c1-3-21-11-7-9-14(21)17-16(13-8-5-6-10-19-13)20-18(25)22(17)12-15(23)24-4-2/h5-11,16-17H,3-4,12H2,1-2H3,(H,20,25)/t16-,17-/m0/s1. The summed E-state index contributed by atoms with van der Waals surface area (Å²) in [6.07, 6.45) is 3.80. The summed E-state index contributed by atoms with van der Waals surface area (Å²) in [7, 11) is 0.